The summed E-state index contributed by atoms with van der Waals surface area (Å²) in [7, 11) is 2.42. The van der Waals surface area contributed by atoms with E-state index in [0.717, 1.165) is 5.82 Å². The fourth-order valence-electron chi connectivity index (χ4n) is 0.581. The molecule has 1 atom stereocenters. The van der Waals surface area contributed by atoms with E-state index >= 15 is 0 Å². The van der Waals surface area contributed by atoms with Crippen molar-refractivity contribution in [1.29, 1.82) is 0 Å². The molecule has 0 bridgehead atoms. The minimum Gasteiger partial charge on any atom is -0.215 e. The Hall–Kier alpha value is -0.500. The molecule has 5 heteroatoms. The third-order valence-corrected chi connectivity index (χ3v) is 1.40. The van der Waals surface area contributed by atoms with Crippen molar-refractivity contribution < 1.29 is 0 Å². The Balaban J connectivity index is 2.94. The van der Waals surface area contributed by atoms with Crippen molar-refractivity contribution in [2.24, 2.45) is 0 Å². The fourth-order valence-corrected chi connectivity index (χ4v) is 0.977. The Morgan fingerprint density at radius 2 is 2.22 bits per heavy atom. The second-order valence-electron chi connectivity index (χ2n) is 2.14. The van der Waals surface area contributed by atoms with Gasteiger partial charge in [-0.3, -0.25) is 0 Å². The molecule has 9 heavy (non-hydrogen) atoms. The van der Waals surface area contributed by atoms with Crippen LogP contribution in [0.5, 0.6) is 0 Å². The highest BCUT2D eigenvalue weighted by Crippen LogP contribution is 2.09. The van der Waals surface area contributed by atoms with Gasteiger partial charge in [-0.1, -0.05) is 13.8 Å². The Morgan fingerprint density at radius 1 is 1.56 bits per heavy atom. The first-order valence-electron chi connectivity index (χ1n) is 2.75. The van der Waals surface area contributed by atoms with E-state index in [2.05, 4.69) is 24.9 Å². The number of rotatable bonds is 1. The molecule has 0 saturated heterocycles. The monoisotopic (exact) mass is 144 g/mol. The summed E-state index contributed by atoms with van der Waals surface area (Å²) in [5, 5.41) is 10.9. The maximum absolute atomic E-state index is 3.80. The van der Waals surface area contributed by atoms with Crippen LogP contribution in [0.1, 0.15) is 25.6 Å². The maximum atomic E-state index is 3.80. The standard InChI is InChI=1S/C4H9N4P/c1-3(2)4-5-6-7-8(4)9/h3H,9H2,1-2H3. The smallest absolute Gasteiger partial charge is 0.156 e. The number of hydrogen-bond acceptors (Lipinski definition) is 3. The van der Waals surface area contributed by atoms with Gasteiger partial charge in [0, 0.05) is 5.92 Å². The molecule has 0 radical (unpaired) electrons. The van der Waals surface area contributed by atoms with Crippen molar-refractivity contribution in [3.63, 3.8) is 0 Å². The normalized spacial score (nSPS) is 10.7. The minimum absolute atomic E-state index is 0.387. The summed E-state index contributed by atoms with van der Waals surface area (Å²) in [5.41, 5.74) is 0. The highest BCUT2D eigenvalue weighted by molar-refractivity contribution is 7.14. The molecule has 1 unspecified atom stereocenters. The summed E-state index contributed by atoms with van der Waals surface area (Å²) in [6.45, 7) is 4.10. The Kier molecular flexibility index (Phi) is 1.76. The van der Waals surface area contributed by atoms with E-state index in [4.69, 9.17) is 0 Å². The number of hydrogen-bond donors (Lipinski definition) is 0. The lowest BCUT2D eigenvalue weighted by Crippen LogP contribution is -1.95. The summed E-state index contributed by atoms with van der Waals surface area (Å²) >= 11 is 0. The van der Waals surface area contributed by atoms with Crippen molar-refractivity contribution >= 4 is 9.39 Å². The van der Waals surface area contributed by atoms with Gasteiger partial charge in [0.1, 0.15) is 0 Å². The van der Waals surface area contributed by atoms with Crippen molar-refractivity contribution in [3.05, 3.63) is 5.82 Å². The summed E-state index contributed by atoms with van der Waals surface area (Å²) in [6.07, 6.45) is 0. The van der Waals surface area contributed by atoms with Crippen LogP contribution in [0.25, 0.3) is 0 Å². The average Bonchev–Trinajstić information content (AvgIpc) is 2.13. The minimum atomic E-state index is 0.387. The van der Waals surface area contributed by atoms with E-state index in [-0.39, 0.29) is 0 Å². The molecular weight excluding hydrogens is 135 g/mol. The SMILES string of the molecule is CC(C)c1nnnn1P. The van der Waals surface area contributed by atoms with Crippen LogP contribution in [0.4, 0.5) is 0 Å². The second kappa shape index (κ2) is 2.40. The molecule has 1 aromatic rings. The lowest BCUT2D eigenvalue weighted by atomic mass is 10.2. The topological polar surface area (TPSA) is 43.6 Å². The third kappa shape index (κ3) is 1.24. The molecule has 0 aromatic carbocycles. The van der Waals surface area contributed by atoms with E-state index in [1.807, 2.05) is 13.8 Å². The molecule has 1 heterocycles. The van der Waals surface area contributed by atoms with Gasteiger partial charge in [0.15, 0.2) is 5.82 Å². The highest BCUT2D eigenvalue weighted by Gasteiger charge is 2.04. The maximum Gasteiger partial charge on any atom is 0.156 e. The first-order valence-corrected chi connectivity index (χ1v) is 3.27. The van der Waals surface area contributed by atoms with Gasteiger partial charge in [-0.15, -0.1) is 5.10 Å². The number of tetrazole rings is 1. The van der Waals surface area contributed by atoms with Gasteiger partial charge in [0.05, 0.1) is 0 Å². The van der Waals surface area contributed by atoms with Crippen LogP contribution in [-0.4, -0.2) is 20.0 Å². The molecule has 0 N–H and O–H groups in total. The van der Waals surface area contributed by atoms with Gasteiger partial charge in [0.2, 0.25) is 0 Å². The van der Waals surface area contributed by atoms with Crippen molar-refractivity contribution in [2.45, 2.75) is 19.8 Å². The lowest BCUT2D eigenvalue weighted by Gasteiger charge is -1.98. The molecule has 0 aliphatic carbocycles. The van der Waals surface area contributed by atoms with E-state index < -0.39 is 0 Å². The summed E-state index contributed by atoms with van der Waals surface area (Å²) in [6, 6.07) is 0. The van der Waals surface area contributed by atoms with Gasteiger partial charge < -0.3 is 0 Å². The van der Waals surface area contributed by atoms with E-state index in [1.165, 1.54) is 0 Å². The summed E-state index contributed by atoms with van der Waals surface area (Å²) in [5.74, 6) is 1.28. The second-order valence-corrected chi connectivity index (χ2v) is 2.63. The van der Waals surface area contributed by atoms with E-state index in [9.17, 15) is 0 Å². The first kappa shape index (κ1) is 6.62. The molecule has 1 aromatic heterocycles. The van der Waals surface area contributed by atoms with Crippen LogP contribution >= 0.6 is 9.39 Å². The molecule has 0 amide bonds. The van der Waals surface area contributed by atoms with Gasteiger partial charge in [0.25, 0.3) is 0 Å². The molecule has 50 valence electrons. The van der Waals surface area contributed by atoms with Gasteiger partial charge in [-0.2, -0.15) is 0 Å². The molecule has 4 nitrogen and oxygen atoms in total. The molecule has 1 rings (SSSR count). The zero-order valence-corrected chi connectivity index (χ0v) is 6.60. The Morgan fingerprint density at radius 3 is 2.44 bits per heavy atom. The number of aromatic nitrogens is 4. The van der Waals surface area contributed by atoms with Gasteiger partial charge >= 0.3 is 0 Å². The number of nitrogens with zero attached hydrogens (tertiary/aromatic N) is 4. The van der Waals surface area contributed by atoms with Crippen molar-refractivity contribution in [1.82, 2.24) is 20.0 Å². The lowest BCUT2D eigenvalue weighted by molar-refractivity contribution is 0.759. The Bertz CT molecular complexity index is 194. The van der Waals surface area contributed by atoms with Gasteiger partial charge in [-0.05, 0) is 19.8 Å². The molecule has 0 aliphatic rings. The van der Waals surface area contributed by atoms with Crippen LogP contribution in [0.3, 0.4) is 0 Å². The molecule has 0 aliphatic heterocycles. The molecule has 0 spiro atoms. The first-order chi connectivity index (χ1) is 4.22. The summed E-state index contributed by atoms with van der Waals surface area (Å²) < 4.78 is 1.60. The fraction of sp³-hybridized carbons (Fsp3) is 0.750. The average molecular weight is 144 g/mol. The van der Waals surface area contributed by atoms with Crippen LogP contribution in [0.15, 0.2) is 0 Å². The molecule has 0 fully saturated rings. The third-order valence-electron chi connectivity index (χ3n) is 1.03. The summed E-state index contributed by atoms with van der Waals surface area (Å²) in [4.78, 5) is 0. The van der Waals surface area contributed by atoms with Crippen molar-refractivity contribution in [2.75, 3.05) is 0 Å². The van der Waals surface area contributed by atoms with Gasteiger partial charge in [-0.25, -0.2) is 4.45 Å². The van der Waals surface area contributed by atoms with Crippen LogP contribution in [0, 0.1) is 0 Å². The quantitative estimate of drug-likeness (QED) is 0.537. The van der Waals surface area contributed by atoms with E-state index in [1.54, 1.807) is 4.45 Å². The van der Waals surface area contributed by atoms with Crippen LogP contribution in [0.2, 0.25) is 0 Å². The largest absolute Gasteiger partial charge is 0.215 e. The Labute approximate surface area is 55.9 Å². The molecular formula is C4H9N4P. The zero-order valence-electron chi connectivity index (χ0n) is 5.44. The van der Waals surface area contributed by atoms with E-state index in [0.29, 0.717) is 5.92 Å². The zero-order chi connectivity index (χ0) is 6.85. The van der Waals surface area contributed by atoms with Crippen LogP contribution < -0.4 is 0 Å². The predicted molar refractivity (Wildman–Crippen MR) is 37.0 cm³/mol. The van der Waals surface area contributed by atoms with Crippen LogP contribution in [-0.2, 0) is 0 Å². The van der Waals surface area contributed by atoms with Crippen molar-refractivity contribution in [3.8, 4) is 0 Å². The predicted octanol–water partition coefficient (Wildman–Crippen LogP) is 0.435. The molecule has 0 saturated carbocycles. The highest BCUT2D eigenvalue weighted by atomic mass is 31.0.